The summed E-state index contributed by atoms with van der Waals surface area (Å²) in [6.45, 7) is 0. The van der Waals surface area contributed by atoms with E-state index in [2.05, 4.69) is 18.2 Å². The van der Waals surface area contributed by atoms with E-state index in [0.717, 1.165) is 44.2 Å². The van der Waals surface area contributed by atoms with Gasteiger partial charge in [0.2, 0.25) is 0 Å². The van der Waals surface area contributed by atoms with Gasteiger partial charge in [-0.15, -0.1) is 0 Å². The van der Waals surface area contributed by atoms with Gasteiger partial charge in [-0.1, -0.05) is 48.5 Å². The summed E-state index contributed by atoms with van der Waals surface area (Å²) in [6.07, 6.45) is 0. The molecular weight excluding hydrogens is 336 g/mol. The number of nitrogens with zero attached hydrogens (tertiary/aromatic N) is 2. The van der Waals surface area contributed by atoms with Gasteiger partial charge in [-0.3, -0.25) is 8.97 Å². The minimum atomic E-state index is -0.0546. The number of benzene rings is 3. The van der Waals surface area contributed by atoms with Crippen LogP contribution in [0.1, 0.15) is 0 Å². The topological polar surface area (TPSA) is 35.6 Å². The third-order valence-corrected chi connectivity index (χ3v) is 5.24. The van der Waals surface area contributed by atoms with Crippen molar-refractivity contribution in [3.63, 3.8) is 0 Å². The van der Waals surface area contributed by atoms with Crippen LogP contribution in [0, 0.1) is 0 Å². The molecule has 0 radical (unpaired) electrons. The molecule has 0 saturated carbocycles. The lowest BCUT2D eigenvalue weighted by atomic mass is 10.0. The van der Waals surface area contributed by atoms with E-state index in [9.17, 15) is 4.79 Å². The average molecular weight is 354 g/mol. The van der Waals surface area contributed by atoms with Gasteiger partial charge >= 0.3 is 5.69 Å². The Hall–Kier alpha value is -3.53. The fourth-order valence-electron chi connectivity index (χ4n) is 3.97. The quantitative estimate of drug-likeness (QED) is 0.464. The zero-order valence-corrected chi connectivity index (χ0v) is 15.1. The van der Waals surface area contributed by atoms with Crippen LogP contribution in [-0.4, -0.2) is 16.1 Å². The summed E-state index contributed by atoms with van der Waals surface area (Å²) in [6, 6.07) is 24.1. The summed E-state index contributed by atoms with van der Waals surface area (Å²) in [4.78, 5) is 13.3. The number of rotatable bonds is 2. The van der Waals surface area contributed by atoms with Crippen LogP contribution >= 0.6 is 0 Å². The zero-order valence-electron chi connectivity index (χ0n) is 15.1. The summed E-state index contributed by atoms with van der Waals surface area (Å²) in [5, 5.41) is 2.06. The van der Waals surface area contributed by atoms with E-state index >= 15 is 0 Å². The van der Waals surface area contributed by atoms with Crippen LogP contribution in [0.5, 0.6) is 5.75 Å². The van der Waals surface area contributed by atoms with Crippen molar-refractivity contribution in [2.45, 2.75) is 0 Å². The first-order valence-corrected chi connectivity index (χ1v) is 8.86. The summed E-state index contributed by atoms with van der Waals surface area (Å²) >= 11 is 0. The number of para-hydroxylation sites is 1. The Morgan fingerprint density at radius 3 is 2.33 bits per heavy atom. The van der Waals surface area contributed by atoms with E-state index in [1.54, 1.807) is 11.7 Å². The number of fused-ring (bicyclic) bond motifs is 5. The first kappa shape index (κ1) is 15.7. The van der Waals surface area contributed by atoms with Crippen molar-refractivity contribution in [2.75, 3.05) is 7.11 Å². The van der Waals surface area contributed by atoms with Gasteiger partial charge in [0, 0.05) is 23.4 Å². The molecule has 5 rings (SSSR count). The Morgan fingerprint density at radius 1 is 0.815 bits per heavy atom. The molecule has 3 aromatic carbocycles. The van der Waals surface area contributed by atoms with Crippen LogP contribution in [0.3, 0.4) is 0 Å². The molecule has 0 fully saturated rings. The molecule has 0 aliphatic carbocycles. The van der Waals surface area contributed by atoms with Crippen molar-refractivity contribution < 1.29 is 4.74 Å². The molecule has 27 heavy (non-hydrogen) atoms. The van der Waals surface area contributed by atoms with Crippen molar-refractivity contribution in [3.05, 3.63) is 83.3 Å². The number of ether oxygens (including phenoxy) is 1. The van der Waals surface area contributed by atoms with Gasteiger partial charge in [0.1, 0.15) is 5.75 Å². The van der Waals surface area contributed by atoms with Gasteiger partial charge < -0.3 is 4.74 Å². The Kier molecular flexibility index (Phi) is 3.34. The molecule has 132 valence electrons. The highest BCUT2D eigenvalue weighted by molar-refractivity contribution is 6.14. The van der Waals surface area contributed by atoms with Gasteiger partial charge in [-0.25, -0.2) is 4.79 Å². The van der Waals surface area contributed by atoms with Gasteiger partial charge in [0.25, 0.3) is 0 Å². The van der Waals surface area contributed by atoms with Crippen LogP contribution in [0.2, 0.25) is 0 Å². The maximum absolute atomic E-state index is 13.3. The van der Waals surface area contributed by atoms with Crippen molar-refractivity contribution in [1.82, 2.24) is 8.97 Å². The Labute approximate surface area is 155 Å². The van der Waals surface area contributed by atoms with Gasteiger partial charge in [0.15, 0.2) is 0 Å². The summed E-state index contributed by atoms with van der Waals surface area (Å²) < 4.78 is 8.99. The van der Waals surface area contributed by atoms with Crippen LogP contribution in [-0.2, 0) is 7.05 Å². The molecule has 0 N–H and O–H groups in total. The lowest BCUT2D eigenvalue weighted by molar-refractivity contribution is 0.415. The summed E-state index contributed by atoms with van der Waals surface area (Å²) in [5.41, 5.74) is 4.82. The molecule has 0 atom stereocenters. The molecule has 0 saturated heterocycles. The smallest absolute Gasteiger partial charge is 0.333 e. The Morgan fingerprint density at radius 2 is 1.56 bits per heavy atom. The molecule has 2 aromatic heterocycles. The Bertz CT molecular complexity index is 1380. The molecule has 0 unspecified atom stereocenters. The Balaban J connectivity index is 2.14. The molecule has 0 spiro atoms. The number of aryl methyl sites for hydroxylation is 1. The highest BCUT2D eigenvalue weighted by atomic mass is 16.5. The highest BCUT2D eigenvalue weighted by Crippen LogP contribution is 2.39. The maximum atomic E-state index is 13.3. The van der Waals surface area contributed by atoms with Crippen molar-refractivity contribution in [1.29, 1.82) is 0 Å². The number of hydrogen-bond acceptors (Lipinski definition) is 2. The standard InChI is InChI=1S/C23H18N2O2/c1-24-19-11-7-6-10-17(19)22-21(15-8-4-3-5-9-15)18-14-16(27-2)12-13-20(18)25(22)23(24)26/h3-14H,1-2H3. The number of methoxy groups -OCH3 is 1. The van der Waals surface area contributed by atoms with Crippen molar-refractivity contribution in [3.8, 4) is 16.9 Å². The monoisotopic (exact) mass is 354 g/mol. The molecule has 4 nitrogen and oxygen atoms in total. The molecule has 2 heterocycles. The largest absolute Gasteiger partial charge is 0.497 e. The van der Waals surface area contributed by atoms with E-state index in [1.807, 2.05) is 66.0 Å². The molecular formula is C23H18N2O2. The number of aromatic nitrogens is 2. The summed E-state index contributed by atoms with van der Waals surface area (Å²) in [5.74, 6) is 0.775. The van der Waals surface area contributed by atoms with Crippen molar-refractivity contribution >= 4 is 27.3 Å². The van der Waals surface area contributed by atoms with E-state index in [0.29, 0.717) is 0 Å². The lowest BCUT2D eigenvalue weighted by Gasteiger charge is -2.09. The molecule has 0 aliphatic rings. The van der Waals surface area contributed by atoms with Crippen LogP contribution in [0.15, 0.2) is 77.6 Å². The van der Waals surface area contributed by atoms with Crippen LogP contribution in [0.4, 0.5) is 0 Å². The van der Waals surface area contributed by atoms with E-state index in [4.69, 9.17) is 4.74 Å². The van der Waals surface area contributed by atoms with Gasteiger partial charge in [-0.05, 0) is 29.8 Å². The van der Waals surface area contributed by atoms with Gasteiger partial charge in [-0.2, -0.15) is 0 Å². The summed E-state index contributed by atoms with van der Waals surface area (Å²) in [7, 11) is 3.48. The second-order valence-corrected chi connectivity index (χ2v) is 6.67. The SMILES string of the molecule is COc1ccc2c(c1)c(-c1ccccc1)c1c3ccccc3n(C)c(=O)n21. The maximum Gasteiger partial charge on any atom is 0.333 e. The molecule has 0 bridgehead atoms. The minimum absolute atomic E-state index is 0.0546. The molecule has 5 aromatic rings. The third-order valence-electron chi connectivity index (χ3n) is 5.24. The fourth-order valence-corrected chi connectivity index (χ4v) is 3.97. The zero-order chi connectivity index (χ0) is 18.5. The molecule has 0 aliphatic heterocycles. The van der Waals surface area contributed by atoms with Crippen molar-refractivity contribution in [2.24, 2.45) is 7.05 Å². The molecule has 0 amide bonds. The minimum Gasteiger partial charge on any atom is -0.497 e. The van der Waals surface area contributed by atoms with Crippen LogP contribution in [0.25, 0.3) is 38.4 Å². The van der Waals surface area contributed by atoms with Gasteiger partial charge in [0.05, 0.1) is 23.7 Å². The molecule has 4 heteroatoms. The first-order valence-electron chi connectivity index (χ1n) is 8.86. The second-order valence-electron chi connectivity index (χ2n) is 6.67. The van der Waals surface area contributed by atoms with E-state index in [1.165, 1.54) is 0 Å². The third kappa shape index (κ3) is 2.13. The fraction of sp³-hybridized carbons (Fsp3) is 0.0870. The van der Waals surface area contributed by atoms with Crippen LogP contribution < -0.4 is 10.4 Å². The first-order chi connectivity index (χ1) is 13.2. The number of hydrogen-bond donors (Lipinski definition) is 0. The lowest BCUT2D eigenvalue weighted by Crippen LogP contribution is -2.24. The van der Waals surface area contributed by atoms with E-state index < -0.39 is 0 Å². The second kappa shape index (κ2) is 5.74. The predicted octanol–water partition coefficient (Wildman–Crippen LogP) is 4.62. The predicted molar refractivity (Wildman–Crippen MR) is 110 cm³/mol. The highest BCUT2D eigenvalue weighted by Gasteiger charge is 2.19. The van der Waals surface area contributed by atoms with E-state index in [-0.39, 0.29) is 5.69 Å². The normalized spacial score (nSPS) is 11.5. The average Bonchev–Trinajstić information content (AvgIpc) is 3.07.